The number of rotatable bonds is 2. The van der Waals surface area contributed by atoms with E-state index in [9.17, 15) is 19.2 Å². The Morgan fingerprint density at radius 3 is 1.57 bits per heavy atom. The summed E-state index contributed by atoms with van der Waals surface area (Å²) in [7, 11) is 3.06. The molecule has 7 heteroatoms. The Hall–Kier alpha value is -2.96. The van der Waals surface area contributed by atoms with E-state index < -0.39 is 23.1 Å². The molecule has 2 rings (SSSR count). The van der Waals surface area contributed by atoms with E-state index in [1.54, 1.807) is 0 Å². The summed E-state index contributed by atoms with van der Waals surface area (Å²) in [6.45, 7) is 0. The van der Waals surface area contributed by atoms with Crippen molar-refractivity contribution in [3.8, 4) is 0 Å². The molecule has 0 N–H and O–H groups in total. The molecule has 0 spiro atoms. The number of ether oxygens (including phenoxy) is 1. The Morgan fingerprint density at radius 1 is 0.857 bits per heavy atom. The van der Waals surface area contributed by atoms with Gasteiger partial charge in [-0.15, -0.1) is 0 Å². The lowest BCUT2D eigenvalue weighted by atomic mass is 10.2. The topological polar surface area (TPSA) is 87.4 Å². The summed E-state index contributed by atoms with van der Waals surface area (Å²) in [5.74, 6) is -1.89. The number of aromatic nitrogens is 2. The molecular formula is C14H12N2O5. The first-order chi connectivity index (χ1) is 9.88. The van der Waals surface area contributed by atoms with Crippen LogP contribution in [-0.4, -0.2) is 21.1 Å². The molecule has 2 heterocycles. The largest absolute Gasteiger partial charge is 0.386 e. The third-order valence-electron chi connectivity index (χ3n) is 2.87. The van der Waals surface area contributed by atoms with E-state index in [0.717, 1.165) is 12.1 Å². The lowest BCUT2D eigenvalue weighted by Crippen LogP contribution is -2.21. The highest BCUT2D eigenvalue weighted by Crippen LogP contribution is 2.03. The number of carbonyl (C=O) groups excluding carboxylic acids is 2. The summed E-state index contributed by atoms with van der Waals surface area (Å²) < 4.78 is 7.19. The van der Waals surface area contributed by atoms with Crippen molar-refractivity contribution in [3.05, 3.63) is 68.5 Å². The minimum atomic E-state index is -0.946. The maximum Gasteiger partial charge on any atom is 0.346 e. The van der Waals surface area contributed by atoms with E-state index in [4.69, 9.17) is 0 Å². The van der Waals surface area contributed by atoms with Crippen LogP contribution in [0.4, 0.5) is 0 Å². The molecule has 0 aromatic carbocycles. The molecule has 0 saturated carbocycles. The van der Waals surface area contributed by atoms with Gasteiger partial charge in [-0.3, -0.25) is 9.59 Å². The molecule has 0 saturated heterocycles. The van der Waals surface area contributed by atoms with E-state index in [1.165, 1.54) is 47.8 Å². The molecule has 0 bridgehead atoms. The Bertz CT molecular complexity index is 762. The lowest BCUT2D eigenvalue weighted by molar-refractivity contribution is 0.0397. The molecule has 0 fully saturated rings. The van der Waals surface area contributed by atoms with Gasteiger partial charge in [0.15, 0.2) is 0 Å². The van der Waals surface area contributed by atoms with Gasteiger partial charge in [-0.25, -0.2) is 9.59 Å². The van der Waals surface area contributed by atoms with Crippen molar-refractivity contribution in [1.82, 2.24) is 9.13 Å². The maximum atomic E-state index is 11.8. The van der Waals surface area contributed by atoms with Gasteiger partial charge in [-0.2, -0.15) is 0 Å². The Kier molecular flexibility index (Phi) is 3.84. The van der Waals surface area contributed by atoms with Crippen molar-refractivity contribution < 1.29 is 14.3 Å². The van der Waals surface area contributed by atoms with Crippen LogP contribution in [0.5, 0.6) is 0 Å². The van der Waals surface area contributed by atoms with Gasteiger partial charge in [0.25, 0.3) is 11.1 Å². The van der Waals surface area contributed by atoms with Crippen molar-refractivity contribution in [2.24, 2.45) is 14.1 Å². The molecule has 2 aromatic rings. The first-order valence-corrected chi connectivity index (χ1v) is 5.98. The van der Waals surface area contributed by atoms with Crippen LogP contribution in [-0.2, 0) is 18.8 Å². The van der Waals surface area contributed by atoms with Gasteiger partial charge in [0.05, 0.1) is 11.1 Å². The average Bonchev–Trinajstić information content (AvgIpc) is 2.44. The van der Waals surface area contributed by atoms with Crippen molar-refractivity contribution in [1.29, 1.82) is 0 Å². The highest BCUT2D eigenvalue weighted by Gasteiger charge is 2.16. The Morgan fingerprint density at radius 2 is 1.24 bits per heavy atom. The minimum absolute atomic E-state index is 0.0321. The average molecular weight is 288 g/mol. The smallest absolute Gasteiger partial charge is 0.346 e. The number of esters is 2. The van der Waals surface area contributed by atoms with Crippen LogP contribution in [0.2, 0.25) is 0 Å². The fourth-order valence-corrected chi connectivity index (χ4v) is 1.55. The van der Waals surface area contributed by atoms with Crippen LogP contribution in [0.15, 0.2) is 46.2 Å². The number of aryl methyl sites for hydroxylation is 2. The number of nitrogens with zero attached hydrogens (tertiary/aromatic N) is 2. The first kappa shape index (κ1) is 14.4. The van der Waals surface area contributed by atoms with Crippen molar-refractivity contribution >= 4 is 11.9 Å². The van der Waals surface area contributed by atoms with Crippen LogP contribution in [0, 0.1) is 0 Å². The van der Waals surface area contributed by atoms with Crippen molar-refractivity contribution in [2.75, 3.05) is 0 Å². The Labute approximate surface area is 119 Å². The van der Waals surface area contributed by atoms with Crippen LogP contribution < -0.4 is 11.1 Å². The molecular weight excluding hydrogens is 276 g/mol. The van der Waals surface area contributed by atoms with E-state index in [-0.39, 0.29) is 11.1 Å². The predicted molar refractivity (Wildman–Crippen MR) is 73.1 cm³/mol. The normalized spacial score (nSPS) is 10.2. The second-order valence-electron chi connectivity index (χ2n) is 4.41. The standard InChI is InChI=1S/C14H12N2O5/c1-15-5-3-9(7-11(15)17)13(19)21-14(20)10-4-6-16(2)12(18)8-10/h3-8H,1-2H3. The number of hydrogen-bond acceptors (Lipinski definition) is 5. The first-order valence-electron chi connectivity index (χ1n) is 5.98. The van der Waals surface area contributed by atoms with Gasteiger partial charge in [-0.05, 0) is 12.1 Å². The van der Waals surface area contributed by atoms with Crippen molar-refractivity contribution in [2.45, 2.75) is 0 Å². The van der Waals surface area contributed by atoms with E-state index in [0.29, 0.717) is 0 Å². The highest BCUT2D eigenvalue weighted by atomic mass is 16.6. The molecule has 0 aliphatic rings. The summed E-state index contributed by atoms with van der Waals surface area (Å²) in [5.41, 5.74) is -0.860. The molecule has 0 atom stereocenters. The SMILES string of the molecule is Cn1ccc(C(=O)OC(=O)c2ccn(C)c(=O)c2)cc1=O. The highest BCUT2D eigenvalue weighted by molar-refractivity contribution is 6.02. The molecule has 0 aliphatic carbocycles. The van der Waals surface area contributed by atoms with Gasteiger partial charge in [0.2, 0.25) is 0 Å². The molecule has 0 radical (unpaired) electrons. The van der Waals surface area contributed by atoms with E-state index in [1.807, 2.05) is 0 Å². The van der Waals surface area contributed by atoms with Gasteiger partial charge >= 0.3 is 11.9 Å². The molecule has 21 heavy (non-hydrogen) atoms. The molecule has 0 amide bonds. The molecule has 0 unspecified atom stereocenters. The maximum absolute atomic E-state index is 11.8. The fourth-order valence-electron chi connectivity index (χ4n) is 1.55. The number of pyridine rings is 2. The zero-order chi connectivity index (χ0) is 15.6. The second kappa shape index (κ2) is 5.58. The van der Waals surface area contributed by atoms with Crippen LogP contribution >= 0.6 is 0 Å². The summed E-state index contributed by atoms with van der Waals surface area (Å²) in [6, 6.07) is 4.86. The number of hydrogen-bond donors (Lipinski definition) is 0. The second-order valence-corrected chi connectivity index (χ2v) is 4.41. The monoisotopic (exact) mass is 288 g/mol. The third-order valence-corrected chi connectivity index (χ3v) is 2.87. The van der Waals surface area contributed by atoms with Crippen LogP contribution in [0.25, 0.3) is 0 Å². The van der Waals surface area contributed by atoms with Crippen LogP contribution in [0.1, 0.15) is 20.7 Å². The summed E-state index contributed by atoms with van der Waals surface area (Å²) in [6.07, 6.45) is 2.78. The number of carbonyl (C=O) groups is 2. The Balaban J connectivity index is 2.20. The molecule has 7 nitrogen and oxygen atoms in total. The summed E-state index contributed by atoms with van der Waals surface area (Å²) in [5, 5.41) is 0. The zero-order valence-electron chi connectivity index (χ0n) is 11.4. The zero-order valence-corrected chi connectivity index (χ0v) is 11.4. The summed E-state index contributed by atoms with van der Waals surface area (Å²) in [4.78, 5) is 46.4. The van der Waals surface area contributed by atoms with Crippen LogP contribution in [0.3, 0.4) is 0 Å². The van der Waals surface area contributed by atoms with E-state index >= 15 is 0 Å². The molecule has 0 aliphatic heterocycles. The predicted octanol–water partition coefficient (Wildman–Crippen LogP) is 0.0812. The van der Waals surface area contributed by atoms with Gasteiger partial charge in [0.1, 0.15) is 0 Å². The minimum Gasteiger partial charge on any atom is -0.386 e. The van der Waals surface area contributed by atoms with Gasteiger partial charge in [0, 0.05) is 38.6 Å². The van der Waals surface area contributed by atoms with E-state index in [2.05, 4.69) is 4.74 Å². The fraction of sp³-hybridized carbons (Fsp3) is 0.143. The third kappa shape index (κ3) is 3.14. The summed E-state index contributed by atoms with van der Waals surface area (Å²) >= 11 is 0. The van der Waals surface area contributed by atoms with Crippen molar-refractivity contribution in [3.63, 3.8) is 0 Å². The quantitative estimate of drug-likeness (QED) is 0.577. The van der Waals surface area contributed by atoms with Gasteiger partial charge in [-0.1, -0.05) is 0 Å². The lowest BCUT2D eigenvalue weighted by Gasteiger charge is -2.04. The molecule has 108 valence electrons. The van der Waals surface area contributed by atoms with Gasteiger partial charge < -0.3 is 13.9 Å². The molecule has 2 aromatic heterocycles.